The number of benzene rings is 1. The van der Waals surface area contributed by atoms with Gasteiger partial charge in [-0.1, -0.05) is 30.3 Å². The molecule has 0 aromatic heterocycles. The fourth-order valence-corrected chi connectivity index (χ4v) is 3.04. The minimum Gasteiger partial charge on any atom is -0.389 e. The van der Waals surface area contributed by atoms with E-state index in [1.54, 1.807) is 0 Å². The second-order valence-electron chi connectivity index (χ2n) is 5.84. The van der Waals surface area contributed by atoms with E-state index in [4.69, 9.17) is 10.5 Å². The first-order valence-corrected chi connectivity index (χ1v) is 6.75. The maximum absolute atomic E-state index is 10.5. The third-order valence-electron chi connectivity index (χ3n) is 4.69. The molecule has 0 heterocycles. The molecule has 0 amide bonds. The molecule has 2 saturated carbocycles. The average molecular weight is 247 g/mol. The van der Waals surface area contributed by atoms with Crippen molar-refractivity contribution in [1.82, 2.24) is 0 Å². The molecule has 0 unspecified atom stereocenters. The minimum absolute atomic E-state index is 0.0135. The molecule has 0 atom stereocenters. The molecule has 3 N–H and O–H groups in total. The largest absolute Gasteiger partial charge is 0.389 e. The van der Waals surface area contributed by atoms with E-state index < -0.39 is 5.60 Å². The van der Waals surface area contributed by atoms with Gasteiger partial charge in [0.25, 0.3) is 0 Å². The highest BCUT2D eigenvalue weighted by Gasteiger charge is 2.63. The predicted molar refractivity (Wildman–Crippen MR) is 69.9 cm³/mol. The van der Waals surface area contributed by atoms with Crippen LogP contribution in [0.4, 0.5) is 0 Å². The Morgan fingerprint density at radius 3 is 2.44 bits per heavy atom. The second kappa shape index (κ2) is 4.34. The van der Waals surface area contributed by atoms with Crippen LogP contribution >= 0.6 is 0 Å². The van der Waals surface area contributed by atoms with Gasteiger partial charge in [-0.2, -0.15) is 0 Å². The van der Waals surface area contributed by atoms with Gasteiger partial charge in [0, 0.05) is 24.8 Å². The van der Waals surface area contributed by atoms with Crippen LogP contribution in [0.5, 0.6) is 0 Å². The first kappa shape index (κ1) is 12.2. The zero-order valence-electron chi connectivity index (χ0n) is 10.6. The van der Waals surface area contributed by atoms with Crippen molar-refractivity contribution in [2.45, 2.75) is 44.0 Å². The molecular formula is C15H21NO2. The third kappa shape index (κ3) is 1.96. The van der Waals surface area contributed by atoms with Crippen LogP contribution in [0.15, 0.2) is 30.3 Å². The Kier molecular flexibility index (Phi) is 2.93. The van der Waals surface area contributed by atoms with Crippen molar-refractivity contribution in [2.75, 3.05) is 6.54 Å². The van der Waals surface area contributed by atoms with E-state index in [0.29, 0.717) is 13.2 Å². The van der Waals surface area contributed by atoms with E-state index in [1.165, 1.54) is 5.56 Å². The van der Waals surface area contributed by atoms with E-state index in [0.717, 1.165) is 25.7 Å². The average Bonchev–Trinajstić information content (AvgIpc) is 3.16. The molecule has 0 spiro atoms. The molecule has 3 heteroatoms. The Morgan fingerprint density at radius 2 is 1.89 bits per heavy atom. The fraction of sp³-hybridized carbons (Fsp3) is 0.600. The van der Waals surface area contributed by atoms with Crippen LogP contribution in [0.2, 0.25) is 0 Å². The number of nitrogens with two attached hydrogens (primary N) is 1. The van der Waals surface area contributed by atoms with E-state index >= 15 is 0 Å². The van der Waals surface area contributed by atoms with E-state index in [9.17, 15) is 5.11 Å². The lowest BCUT2D eigenvalue weighted by Gasteiger charge is -2.48. The smallest absolute Gasteiger partial charge is 0.0765 e. The van der Waals surface area contributed by atoms with Gasteiger partial charge in [-0.15, -0.1) is 0 Å². The molecule has 0 aliphatic heterocycles. The van der Waals surface area contributed by atoms with Gasteiger partial charge in [0.1, 0.15) is 0 Å². The Balaban J connectivity index is 1.48. The van der Waals surface area contributed by atoms with Crippen molar-refractivity contribution in [3.8, 4) is 0 Å². The summed E-state index contributed by atoms with van der Waals surface area (Å²) >= 11 is 0. The van der Waals surface area contributed by atoms with Gasteiger partial charge >= 0.3 is 0 Å². The SMILES string of the molecule is NCC1(C2(O)CC(OCc3ccccc3)C2)CC1. The number of aliphatic hydroxyl groups is 1. The standard InChI is InChI=1S/C15H21NO2/c16-11-14(6-7-14)15(17)8-13(9-15)18-10-12-4-2-1-3-5-12/h1-5,13,17H,6-11,16H2. The molecule has 2 aliphatic rings. The van der Waals surface area contributed by atoms with Crippen LogP contribution in [0.1, 0.15) is 31.2 Å². The molecule has 1 aromatic carbocycles. The highest BCUT2D eigenvalue weighted by atomic mass is 16.5. The molecule has 0 radical (unpaired) electrons. The molecular weight excluding hydrogens is 226 g/mol. The molecule has 0 saturated heterocycles. The third-order valence-corrected chi connectivity index (χ3v) is 4.69. The van der Waals surface area contributed by atoms with Crippen LogP contribution in [0.25, 0.3) is 0 Å². The summed E-state index contributed by atoms with van der Waals surface area (Å²) in [5, 5.41) is 10.5. The summed E-state index contributed by atoms with van der Waals surface area (Å²) in [7, 11) is 0. The van der Waals surface area contributed by atoms with Crippen LogP contribution in [-0.4, -0.2) is 23.4 Å². The van der Waals surface area contributed by atoms with Gasteiger partial charge in [-0.3, -0.25) is 0 Å². The van der Waals surface area contributed by atoms with Crippen molar-refractivity contribution < 1.29 is 9.84 Å². The van der Waals surface area contributed by atoms with E-state index in [1.807, 2.05) is 18.2 Å². The second-order valence-corrected chi connectivity index (χ2v) is 5.84. The summed E-state index contributed by atoms with van der Waals surface area (Å²) in [6.45, 7) is 1.24. The van der Waals surface area contributed by atoms with E-state index in [-0.39, 0.29) is 11.5 Å². The molecule has 2 aliphatic carbocycles. The maximum atomic E-state index is 10.5. The van der Waals surface area contributed by atoms with E-state index in [2.05, 4.69) is 12.1 Å². The molecule has 98 valence electrons. The van der Waals surface area contributed by atoms with Crippen LogP contribution < -0.4 is 5.73 Å². The summed E-state index contributed by atoms with van der Waals surface area (Å²) in [5.74, 6) is 0. The number of rotatable bonds is 5. The lowest BCUT2D eigenvalue weighted by Crippen LogP contribution is -2.56. The van der Waals surface area contributed by atoms with Gasteiger partial charge < -0.3 is 15.6 Å². The number of hydrogen-bond acceptors (Lipinski definition) is 3. The van der Waals surface area contributed by atoms with Crippen molar-refractivity contribution >= 4 is 0 Å². The lowest BCUT2D eigenvalue weighted by molar-refractivity contribution is -0.178. The monoisotopic (exact) mass is 247 g/mol. The van der Waals surface area contributed by atoms with Crippen molar-refractivity contribution in [3.63, 3.8) is 0 Å². The van der Waals surface area contributed by atoms with Crippen LogP contribution in [0.3, 0.4) is 0 Å². The Hall–Kier alpha value is -0.900. The first-order chi connectivity index (χ1) is 8.67. The van der Waals surface area contributed by atoms with Gasteiger partial charge in [-0.25, -0.2) is 0 Å². The number of ether oxygens (including phenoxy) is 1. The Labute approximate surface area is 108 Å². The molecule has 3 nitrogen and oxygen atoms in total. The Bertz CT molecular complexity index is 408. The zero-order valence-corrected chi connectivity index (χ0v) is 10.6. The highest BCUT2D eigenvalue weighted by molar-refractivity contribution is 5.16. The van der Waals surface area contributed by atoms with Gasteiger partial charge in [0.2, 0.25) is 0 Å². The van der Waals surface area contributed by atoms with Crippen molar-refractivity contribution in [2.24, 2.45) is 11.1 Å². The normalized spacial score (nSPS) is 32.9. The molecule has 18 heavy (non-hydrogen) atoms. The predicted octanol–water partition coefficient (Wildman–Crippen LogP) is 1.84. The topological polar surface area (TPSA) is 55.5 Å². The minimum atomic E-state index is -0.552. The summed E-state index contributed by atoms with van der Waals surface area (Å²) in [6.07, 6.45) is 3.84. The fourth-order valence-electron chi connectivity index (χ4n) is 3.04. The summed E-state index contributed by atoms with van der Waals surface area (Å²) < 4.78 is 5.83. The highest BCUT2D eigenvalue weighted by Crippen LogP contribution is 2.60. The van der Waals surface area contributed by atoms with Gasteiger partial charge in [0.15, 0.2) is 0 Å². The Morgan fingerprint density at radius 1 is 1.22 bits per heavy atom. The first-order valence-electron chi connectivity index (χ1n) is 6.75. The molecule has 2 fully saturated rings. The van der Waals surface area contributed by atoms with Gasteiger partial charge in [-0.05, 0) is 18.4 Å². The summed E-state index contributed by atoms with van der Waals surface area (Å²) in [5.41, 5.74) is 6.42. The lowest BCUT2D eigenvalue weighted by atomic mass is 9.67. The van der Waals surface area contributed by atoms with Crippen molar-refractivity contribution in [1.29, 1.82) is 0 Å². The van der Waals surface area contributed by atoms with Crippen LogP contribution in [-0.2, 0) is 11.3 Å². The molecule has 3 rings (SSSR count). The molecule has 0 bridgehead atoms. The zero-order chi connectivity index (χ0) is 12.6. The summed E-state index contributed by atoms with van der Waals surface area (Å²) in [6, 6.07) is 10.2. The van der Waals surface area contributed by atoms with Crippen molar-refractivity contribution in [3.05, 3.63) is 35.9 Å². The van der Waals surface area contributed by atoms with Crippen LogP contribution in [0, 0.1) is 5.41 Å². The quantitative estimate of drug-likeness (QED) is 0.834. The van der Waals surface area contributed by atoms with Gasteiger partial charge in [0.05, 0.1) is 18.3 Å². The maximum Gasteiger partial charge on any atom is 0.0765 e. The number of hydrogen-bond donors (Lipinski definition) is 2. The summed E-state index contributed by atoms with van der Waals surface area (Å²) in [4.78, 5) is 0. The molecule has 1 aromatic rings.